The topological polar surface area (TPSA) is 26.3 Å². The summed E-state index contributed by atoms with van der Waals surface area (Å²) in [7, 11) is 1.38. The van der Waals surface area contributed by atoms with Crippen LogP contribution in [0.2, 0.25) is 0 Å². The van der Waals surface area contributed by atoms with Gasteiger partial charge in [-0.15, -0.1) is 12.3 Å². The average Bonchev–Trinajstić information content (AvgIpc) is 2.25. The number of esters is 1. The first-order valence-corrected chi connectivity index (χ1v) is 4.77. The Kier molecular flexibility index (Phi) is 3.93. The van der Waals surface area contributed by atoms with Gasteiger partial charge in [0.05, 0.1) is 13.0 Å². The van der Waals surface area contributed by atoms with E-state index < -0.39 is 0 Å². The molecule has 0 amide bonds. The lowest BCUT2D eigenvalue weighted by molar-refractivity contribution is -0.142. The molecule has 0 saturated heterocycles. The molecule has 0 aliphatic heterocycles. The van der Waals surface area contributed by atoms with E-state index in [1.54, 1.807) is 0 Å². The molecule has 78 valence electrons. The van der Waals surface area contributed by atoms with Gasteiger partial charge in [0.15, 0.2) is 0 Å². The Morgan fingerprint density at radius 1 is 1.60 bits per heavy atom. The highest BCUT2D eigenvalue weighted by molar-refractivity contribution is 5.78. The second-order valence-corrected chi connectivity index (χ2v) is 3.40. The molecular weight excluding hydrogens is 188 g/mol. The van der Waals surface area contributed by atoms with Crippen LogP contribution in [0, 0.1) is 19.3 Å². The minimum atomic E-state index is -0.347. The van der Waals surface area contributed by atoms with Crippen LogP contribution >= 0.6 is 0 Å². The average molecular weight is 202 g/mol. The van der Waals surface area contributed by atoms with Gasteiger partial charge in [0, 0.05) is 6.42 Å². The van der Waals surface area contributed by atoms with Crippen LogP contribution in [0.25, 0.3) is 0 Å². The lowest BCUT2D eigenvalue weighted by Crippen LogP contribution is -2.13. The molecule has 0 saturated carbocycles. The van der Waals surface area contributed by atoms with Gasteiger partial charge in [0.2, 0.25) is 0 Å². The third kappa shape index (κ3) is 2.85. The molecule has 0 bridgehead atoms. The summed E-state index contributed by atoms with van der Waals surface area (Å²) in [5, 5.41) is 0. The second kappa shape index (κ2) is 5.21. The van der Waals surface area contributed by atoms with Gasteiger partial charge in [-0.1, -0.05) is 29.8 Å². The normalized spacial score (nSPS) is 11.5. The molecule has 0 fully saturated rings. The highest BCUT2D eigenvalue weighted by atomic mass is 16.5. The van der Waals surface area contributed by atoms with Crippen molar-refractivity contribution in [3.63, 3.8) is 0 Å². The Morgan fingerprint density at radius 3 is 2.87 bits per heavy atom. The zero-order valence-corrected chi connectivity index (χ0v) is 8.99. The monoisotopic (exact) mass is 202 g/mol. The van der Waals surface area contributed by atoms with Crippen LogP contribution in [0.3, 0.4) is 0 Å². The summed E-state index contributed by atoms with van der Waals surface area (Å²) in [4.78, 5) is 11.5. The summed E-state index contributed by atoms with van der Waals surface area (Å²) >= 11 is 0. The number of ether oxygens (including phenoxy) is 1. The molecule has 1 rings (SSSR count). The zero-order chi connectivity index (χ0) is 11.3. The Hall–Kier alpha value is -1.75. The molecule has 0 radical (unpaired) electrons. The first-order valence-electron chi connectivity index (χ1n) is 4.77. The van der Waals surface area contributed by atoms with E-state index >= 15 is 0 Å². The van der Waals surface area contributed by atoms with Crippen LogP contribution in [0.5, 0.6) is 0 Å². The summed E-state index contributed by atoms with van der Waals surface area (Å²) in [5.41, 5.74) is 2.03. The molecule has 0 N–H and O–H groups in total. The number of terminal acetylenes is 1. The van der Waals surface area contributed by atoms with Crippen molar-refractivity contribution in [2.45, 2.75) is 19.3 Å². The molecule has 2 heteroatoms. The number of rotatable bonds is 3. The summed E-state index contributed by atoms with van der Waals surface area (Å²) in [6.45, 7) is 1.98. The highest BCUT2D eigenvalue weighted by Gasteiger charge is 2.20. The van der Waals surface area contributed by atoms with E-state index in [2.05, 4.69) is 5.92 Å². The van der Waals surface area contributed by atoms with Gasteiger partial charge < -0.3 is 4.74 Å². The largest absolute Gasteiger partial charge is 0.469 e. The Labute approximate surface area is 90.3 Å². The first kappa shape index (κ1) is 11.3. The third-order valence-electron chi connectivity index (χ3n) is 2.25. The summed E-state index contributed by atoms with van der Waals surface area (Å²) < 4.78 is 4.72. The third-order valence-corrected chi connectivity index (χ3v) is 2.25. The summed E-state index contributed by atoms with van der Waals surface area (Å²) in [6, 6.07) is 7.75. The maximum Gasteiger partial charge on any atom is 0.314 e. The van der Waals surface area contributed by atoms with Crippen molar-refractivity contribution in [2.24, 2.45) is 0 Å². The maximum atomic E-state index is 11.5. The van der Waals surface area contributed by atoms with Gasteiger partial charge in [0.1, 0.15) is 0 Å². The van der Waals surface area contributed by atoms with E-state index in [0.717, 1.165) is 11.1 Å². The number of carbonyl (C=O) groups excluding carboxylic acids is 1. The number of aryl methyl sites for hydroxylation is 1. The molecule has 2 nitrogen and oxygen atoms in total. The smallest absolute Gasteiger partial charge is 0.314 e. The molecule has 1 unspecified atom stereocenters. The predicted octanol–water partition coefficient (Wildman–Crippen LogP) is 2.27. The van der Waals surface area contributed by atoms with E-state index in [0.29, 0.717) is 6.42 Å². The molecule has 0 heterocycles. The van der Waals surface area contributed by atoms with Crippen molar-refractivity contribution in [3.8, 4) is 12.3 Å². The van der Waals surface area contributed by atoms with Crippen molar-refractivity contribution >= 4 is 5.97 Å². The first-order chi connectivity index (χ1) is 7.19. The van der Waals surface area contributed by atoms with Crippen molar-refractivity contribution in [2.75, 3.05) is 7.11 Å². The number of methoxy groups -OCH3 is 1. The van der Waals surface area contributed by atoms with Crippen LogP contribution < -0.4 is 0 Å². The van der Waals surface area contributed by atoms with Gasteiger partial charge in [-0.2, -0.15) is 0 Å². The molecule has 1 aromatic rings. The lowest BCUT2D eigenvalue weighted by Gasteiger charge is -2.12. The molecule has 0 aromatic heterocycles. The van der Waals surface area contributed by atoms with Crippen molar-refractivity contribution in [3.05, 3.63) is 35.4 Å². The standard InChI is InChI=1S/C13H14O2/c1-4-6-12(13(14)15-3)11-8-5-7-10(2)9-11/h1,5,7-9,12H,6H2,2-3H3. The number of carbonyl (C=O) groups is 1. The fourth-order valence-corrected chi connectivity index (χ4v) is 1.48. The molecule has 15 heavy (non-hydrogen) atoms. The van der Waals surface area contributed by atoms with E-state index in [9.17, 15) is 4.79 Å². The minimum Gasteiger partial charge on any atom is -0.469 e. The second-order valence-electron chi connectivity index (χ2n) is 3.40. The van der Waals surface area contributed by atoms with Gasteiger partial charge in [-0.25, -0.2) is 0 Å². The van der Waals surface area contributed by atoms with E-state index in [-0.39, 0.29) is 11.9 Å². The SMILES string of the molecule is C#CCC(C(=O)OC)c1cccc(C)c1. The van der Waals surface area contributed by atoms with Crippen LogP contribution in [0.1, 0.15) is 23.5 Å². The van der Waals surface area contributed by atoms with Crippen LogP contribution in [-0.2, 0) is 9.53 Å². The molecule has 1 atom stereocenters. The van der Waals surface area contributed by atoms with E-state index in [1.807, 2.05) is 31.2 Å². The molecule has 0 spiro atoms. The van der Waals surface area contributed by atoms with Gasteiger partial charge >= 0.3 is 5.97 Å². The Morgan fingerprint density at radius 2 is 2.33 bits per heavy atom. The van der Waals surface area contributed by atoms with Crippen molar-refractivity contribution in [1.29, 1.82) is 0 Å². The summed E-state index contributed by atoms with van der Waals surface area (Å²) in [5.74, 6) is 1.87. The van der Waals surface area contributed by atoms with Crippen LogP contribution in [-0.4, -0.2) is 13.1 Å². The fraction of sp³-hybridized carbons (Fsp3) is 0.308. The quantitative estimate of drug-likeness (QED) is 0.555. The highest BCUT2D eigenvalue weighted by Crippen LogP contribution is 2.21. The van der Waals surface area contributed by atoms with Gasteiger partial charge in [0.25, 0.3) is 0 Å². The van der Waals surface area contributed by atoms with Crippen molar-refractivity contribution < 1.29 is 9.53 Å². The Balaban J connectivity index is 2.99. The molecule has 0 aliphatic carbocycles. The number of benzene rings is 1. The number of hydrogen-bond acceptors (Lipinski definition) is 2. The Bertz CT molecular complexity index is 388. The molecular formula is C13H14O2. The zero-order valence-electron chi connectivity index (χ0n) is 8.99. The van der Waals surface area contributed by atoms with Gasteiger partial charge in [-0.05, 0) is 12.5 Å². The van der Waals surface area contributed by atoms with Crippen LogP contribution in [0.4, 0.5) is 0 Å². The lowest BCUT2D eigenvalue weighted by atomic mass is 9.95. The van der Waals surface area contributed by atoms with E-state index in [4.69, 9.17) is 11.2 Å². The fourth-order valence-electron chi connectivity index (χ4n) is 1.48. The van der Waals surface area contributed by atoms with Crippen molar-refractivity contribution in [1.82, 2.24) is 0 Å². The van der Waals surface area contributed by atoms with E-state index in [1.165, 1.54) is 7.11 Å². The minimum absolute atomic E-state index is 0.279. The summed E-state index contributed by atoms with van der Waals surface area (Å²) in [6.07, 6.45) is 5.61. The van der Waals surface area contributed by atoms with Crippen LogP contribution in [0.15, 0.2) is 24.3 Å². The maximum absolute atomic E-state index is 11.5. The number of hydrogen-bond donors (Lipinski definition) is 0. The predicted molar refractivity (Wildman–Crippen MR) is 59.4 cm³/mol. The van der Waals surface area contributed by atoms with Gasteiger partial charge in [-0.3, -0.25) is 4.79 Å². The molecule has 0 aliphatic rings. The molecule has 1 aromatic carbocycles.